The van der Waals surface area contributed by atoms with Gasteiger partial charge in [-0.25, -0.2) is 0 Å². The summed E-state index contributed by atoms with van der Waals surface area (Å²) in [5, 5.41) is 5.42. The summed E-state index contributed by atoms with van der Waals surface area (Å²) in [5.41, 5.74) is 9.44. The maximum absolute atomic E-state index is 11.6. The summed E-state index contributed by atoms with van der Waals surface area (Å²) in [6.45, 7) is 0. The Morgan fingerprint density at radius 2 is 1.87 bits per heavy atom. The molecule has 1 atom stereocenters. The molecule has 0 spiro atoms. The second-order valence-electron chi connectivity index (χ2n) is 6.85. The van der Waals surface area contributed by atoms with Crippen LogP contribution in [0.2, 0.25) is 0 Å². The summed E-state index contributed by atoms with van der Waals surface area (Å²) in [5.74, 6) is 1.23. The lowest BCUT2D eigenvalue weighted by molar-refractivity contribution is 0.459. The minimum absolute atomic E-state index is 0.311. The third kappa shape index (κ3) is 3.60. The van der Waals surface area contributed by atoms with Crippen molar-refractivity contribution in [2.45, 2.75) is 4.90 Å². The zero-order chi connectivity index (χ0) is 21.5. The number of nitrogen functional groups attached to an aromatic ring is 1. The van der Waals surface area contributed by atoms with E-state index in [1.54, 1.807) is 47.4 Å². The average molecular weight is 494 g/mol. The standard InChI is InChI=1S/C22H16BrN5O2S/c1-31(29)16-8-6-15(7-9-16)30-22-19(23)20(24)28-21(27-22)17(12-26-28)14-10-13-4-2-3-5-18(13)25-11-14/h2-12H,24H2,1H3. The van der Waals surface area contributed by atoms with Crippen LogP contribution in [0.1, 0.15) is 0 Å². The van der Waals surface area contributed by atoms with Gasteiger partial charge in [-0.15, -0.1) is 0 Å². The van der Waals surface area contributed by atoms with E-state index in [0.29, 0.717) is 27.6 Å². The minimum Gasteiger partial charge on any atom is -0.612 e. The molecule has 154 valence electrons. The molecule has 3 aromatic heterocycles. The van der Waals surface area contributed by atoms with Gasteiger partial charge in [-0.05, 0) is 63.5 Å². The fourth-order valence-corrected chi connectivity index (χ4v) is 4.13. The van der Waals surface area contributed by atoms with Crippen LogP contribution in [0.4, 0.5) is 5.82 Å². The summed E-state index contributed by atoms with van der Waals surface area (Å²) in [6, 6.07) is 17.0. The number of anilines is 1. The number of ether oxygens (including phenoxy) is 1. The highest BCUT2D eigenvalue weighted by atomic mass is 79.9. The van der Waals surface area contributed by atoms with Gasteiger partial charge in [0, 0.05) is 22.7 Å². The maximum Gasteiger partial charge on any atom is 0.239 e. The molecule has 0 bridgehead atoms. The molecule has 0 amide bonds. The molecule has 0 aliphatic rings. The first-order chi connectivity index (χ1) is 15.0. The number of fused-ring (bicyclic) bond motifs is 2. The highest BCUT2D eigenvalue weighted by Crippen LogP contribution is 2.36. The molecule has 0 radical (unpaired) electrons. The molecular formula is C22H16BrN5O2S. The van der Waals surface area contributed by atoms with E-state index in [2.05, 4.69) is 31.0 Å². The van der Waals surface area contributed by atoms with E-state index in [1.165, 1.54) is 0 Å². The molecule has 0 fully saturated rings. The molecule has 2 aromatic carbocycles. The first-order valence-electron chi connectivity index (χ1n) is 9.30. The van der Waals surface area contributed by atoms with E-state index in [4.69, 9.17) is 10.5 Å². The highest BCUT2D eigenvalue weighted by molar-refractivity contribution is 9.10. The van der Waals surface area contributed by atoms with Gasteiger partial charge >= 0.3 is 0 Å². The number of nitrogens with zero attached hydrogens (tertiary/aromatic N) is 4. The highest BCUT2D eigenvalue weighted by Gasteiger charge is 2.18. The molecule has 3 heterocycles. The van der Waals surface area contributed by atoms with Crippen molar-refractivity contribution >= 4 is 49.5 Å². The number of nitrogens with two attached hydrogens (primary N) is 1. The number of hydrogen-bond donors (Lipinski definition) is 1. The molecule has 31 heavy (non-hydrogen) atoms. The van der Waals surface area contributed by atoms with E-state index < -0.39 is 11.2 Å². The van der Waals surface area contributed by atoms with Crippen molar-refractivity contribution in [1.29, 1.82) is 0 Å². The molecule has 2 N–H and O–H groups in total. The Hall–Kier alpha value is -3.14. The number of benzene rings is 2. The van der Waals surface area contributed by atoms with E-state index in [0.717, 1.165) is 26.9 Å². The predicted molar refractivity (Wildman–Crippen MR) is 125 cm³/mol. The van der Waals surface area contributed by atoms with Gasteiger partial charge in [0.1, 0.15) is 22.3 Å². The number of hydrogen-bond acceptors (Lipinski definition) is 6. The van der Waals surface area contributed by atoms with Gasteiger partial charge in [-0.1, -0.05) is 18.2 Å². The number of rotatable bonds is 4. The minimum atomic E-state index is -1.06. The zero-order valence-corrected chi connectivity index (χ0v) is 18.7. The predicted octanol–water partition coefficient (Wildman–Crippen LogP) is 4.82. The lowest BCUT2D eigenvalue weighted by Crippen LogP contribution is -2.04. The Morgan fingerprint density at radius 3 is 2.65 bits per heavy atom. The Balaban J connectivity index is 1.59. The average Bonchev–Trinajstić information content (AvgIpc) is 3.21. The molecule has 9 heteroatoms. The summed E-state index contributed by atoms with van der Waals surface area (Å²) < 4.78 is 19.6. The first-order valence-corrected chi connectivity index (χ1v) is 11.7. The monoisotopic (exact) mass is 493 g/mol. The number of halogens is 1. The van der Waals surface area contributed by atoms with Crippen molar-refractivity contribution in [2.75, 3.05) is 12.0 Å². The van der Waals surface area contributed by atoms with Crippen molar-refractivity contribution in [2.24, 2.45) is 0 Å². The first kappa shape index (κ1) is 19.8. The quantitative estimate of drug-likeness (QED) is 0.360. The Labute approximate surface area is 189 Å². The van der Waals surface area contributed by atoms with Crippen LogP contribution in [0, 0.1) is 0 Å². The Bertz CT molecular complexity index is 1420. The fourth-order valence-electron chi connectivity index (χ4n) is 3.27. The topological polar surface area (TPSA) is 101 Å². The molecule has 5 aromatic rings. The van der Waals surface area contributed by atoms with Crippen LogP contribution in [0.25, 0.3) is 27.7 Å². The Morgan fingerprint density at radius 1 is 1.10 bits per heavy atom. The van der Waals surface area contributed by atoms with Crippen LogP contribution in [0.3, 0.4) is 0 Å². The van der Waals surface area contributed by atoms with Crippen molar-refractivity contribution in [3.63, 3.8) is 0 Å². The van der Waals surface area contributed by atoms with E-state index in [1.807, 2.05) is 30.3 Å². The smallest absolute Gasteiger partial charge is 0.239 e. The summed E-state index contributed by atoms with van der Waals surface area (Å²) >= 11 is 2.40. The van der Waals surface area contributed by atoms with Gasteiger partial charge in [0.25, 0.3) is 0 Å². The molecule has 0 saturated heterocycles. The van der Waals surface area contributed by atoms with Crippen molar-refractivity contribution in [3.8, 4) is 22.8 Å². The lowest BCUT2D eigenvalue weighted by atomic mass is 10.1. The molecule has 5 rings (SSSR count). The van der Waals surface area contributed by atoms with Crippen LogP contribution in [-0.4, -0.2) is 30.4 Å². The normalized spacial score (nSPS) is 12.4. The van der Waals surface area contributed by atoms with Gasteiger partial charge in [-0.3, -0.25) is 4.98 Å². The molecule has 7 nitrogen and oxygen atoms in total. The molecular weight excluding hydrogens is 478 g/mol. The summed E-state index contributed by atoms with van der Waals surface area (Å²) in [4.78, 5) is 9.92. The third-order valence-electron chi connectivity index (χ3n) is 4.86. The van der Waals surface area contributed by atoms with Crippen molar-refractivity contribution in [3.05, 3.63) is 71.5 Å². The largest absolute Gasteiger partial charge is 0.612 e. The number of aromatic nitrogens is 4. The van der Waals surface area contributed by atoms with E-state index in [-0.39, 0.29) is 0 Å². The fraction of sp³-hybridized carbons (Fsp3) is 0.0455. The zero-order valence-electron chi connectivity index (χ0n) is 16.3. The van der Waals surface area contributed by atoms with Crippen molar-refractivity contribution in [1.82, 2.24) is 19.6 Å². The second kappa shape index (κ2) is 7.84. The van der Waals surface area contributed by atoms with E-state index >= 15 is 0 Å². The van der Waals surface area contributed by atoms with E-state index in [9.17, 15) is 4.55 Å². The maximum atomic E-state index is 11.6. The SMILES string of the molecule is C[S+]([O-])c1ccc(Oc2nc3c(-c4cnc5ccccc5c4)cnn3c(N)c2Br)cc1. The number of pyridine rings is 1. The molecule has 0 saturated carbocycles. The van der Waals surface area contributed by atoms with Crippen LogP contribution in [0.15, 0.2) is 76.4 Å². The van der Waals surface area contributed by atoms with Crippen LogP contribution >= 0.6 is 15.9 Å². The Kier molecular flexibility index (Phi) is 5.01. The summed E-state index contributed by atoms with van der Waals surface area (Å²) in [6.07, 6.45) is 5.14. The van der Waals surface area contributed by atoms with Crippen LogP contribution < -0.4 is 10.5 Å². The lowest BCUT2D eigenvalue weighted by Gasteiger charge is -2.11. The van der Waals surface area contributed by atoms with Gasteiger partial charge in [0.15, 0.2) is 10.5 Å². The van der Waals surface area contributed by atoms with Crippen molar-refractivity contribution < 1.29 is 9.29 Å². The van der Waals surface area contributed by atoms with Gasteiger partial charge in [0.05, 0.1) is 11.7 Å². The molecule has 0 aliphatic carbocycles. The molecule has 0 aliphatic heterocycles. The third-order valence-corrected chi connectivity index (χ3v) is 6.55. The summed E-state index contributed by atoms with van der Waals surface area (Å²) in [7, 11) is 0. The van der Waals surface area contributed by atoms with Gasteiger partial charge < -0.3 is 15.0 Å². The van der Waals surface area contributed by atoms with Gasteiger partial charge in [0.2, 0.25) is 5.88 Å². The van der Waals surface area contributed by atoms with Crippen LogP contribution in [-0.2, 0) is 11.2 Å². The second-order valence-corrected chi connectivity index (χ2v) is 9.03. The van der Waals surface area contributed by atoms with Crippen LogP contribution in [0.5, 0.6) is 11.6 Å². The number of para-hydroxylation sites is 1. The molecule has 1 unspecified atom stereocenters. The van der Waals surface area contributed by atoms with Gasteiger partial charge in [-0.2, -0.15) is 14.6 Å².